The van der Waals surface area contributed by atoms with Crippen molar-refractivity contribution in [1.82, 2.24) is 9.97 Å². The number of aromatic nitrogens is 2. The zero-order valence-electron chi connectivity index (χ0n) is 13.3. The molecule has 1 aromatic carbocycles. The van der Waals surface area contributed by atoms with Gasteiger partial charge in [-0.2, -0.15) is 0 Å². The summed E-state index contributed by atoms with van der Waals surface area (Å²) in [4.78, 5) is 20.6. The predicted octanol–water partition coefficient (Wildman–Crippen LogP) is 4.16. The normalized spacial score (nSPS) is 10.9. The molecule has 114 valence electrons. The molecule has 0 aliphatic heterocycles. The van der Waals surface area contributed by atoms with Gasteiger partial charge in [0.05, 0.1) is 0 Å². The Hall–Kier alpha value is -2.49. The lowest BCUT2D eigenvalue weighted by molar-refractivity contribution is 0.102. The Morgan fingerprint density at radius 2 is 1.91 bits per heavy atom. The van der Waals surface area contributed by atoms with Crippen molar-refractivity contribution in [3.8, 4) is 0 Å². The van der Waals surface area contributed by atoms with Crippen molar-refractivity contribution >= 4 is 17.8 Å². The maximum absolute atomic E-state index is 12.2. The van der Waals surface area contributed by atoms with Gasteiger partial charge >= 0.3 is 0 Å². The lowest BCUT2D eigenvalue weighted by atomic mass is 10.1. The molecular formula is C18H21N3O. The smallest absolute Gasteiger partial charge is 0.256 e. The van der Waals surface area contributed by atoms with Gasteiger partial charge < -0.3 is 5.32 Å². The first-order valence-corrected chi connectivity index (χ1v) is 7.48. The summed E-state index contributed by atoms with van der Waals surface area (Å²) in [6, 6.07) is 9.28. The van der Waals surface area contributed by atoms with Crippen LogP contribution in [0.15, 0.2) is 36.4 Å². The second-order valence-corrected chi connectivity index (χ2v) is 5.21. The van der Waals surface area contributed by atoms with Crippen LogP contribution in [0.5, 0.6) is 0 Å². The van der Waals surface area contributed by atoms with Gasteiger partial charge in [-0.25, -0.2) is 9.97 Å². The number of nitrogens with one attached hydrogen (secondary N) is 1. The molecule has 0 bridgehead atoms. The molecule has 0 aliphatic rings. The fourth-order valence-corrected chi connectivity index (χ4v) is 2.10. The topological polar surface area (TPSA) is 54.9 Å². The average molecular weight is 295 g/mol. The van der Waals surface area contributed by atoms with E-state index in [0.29, 0.717) is 17.2 Å². The lowest BCUT2D eigenvalue weighted by Gasteiger charge is -2.06. The predicted molar refractivity (Wildman–Crippen MR) is 89.8 cm³/mol. The van der Waals surface area contributed by atoms with E-state index in [1.807, 2.05) is 31.2 Å². The maximum atomic E-state index is 12.2. The Labute approximate surface area is 131 Å². The van der Waals surface area contributed by atoms with Crippen LogP contribution < -0.4 is 5.32 Å². The number of anilines is 1. The molecule has 2 aromatic rings. The molecule has 0 aliphatic carbocycles. The second-order valence-electron chi connectivity index (χ2n) is 5.21. The first-order valence-electron chi connectivity index (χ1n) is 7.48. The van der Waals surface area contributed by atoms with Gasteiger partial charge in [0.25, 0.3) is 5.91 Å². The number of nitrogens with zero attached hydrogens (tertiary/aromatic N) is 2. The monoisotopic (exact) mass is 295 g/mol. The van der Waals surface area contributed by atoms with Gasteiger partial charge in [0.2, 0.25) is 0 Å². The molecule has 4 heteroatoms. The number of unbranched alkanes of at least 4 members (excludes halogenated alkanes) is 1. The Bertz CT molecular complexity index is 655. The molecule has 0 spiro atoms. The highest BCUT2D eigenvalue weighted by Crippen LogP contribution is 2.11. The van der Waals surface area contributed by atoms with E-state index < -0.39 is 0 Å². The van der Waals surface area contributed by atoms with E-state index in [1.54, 1.807) is 13.0 Å². The van der Waals surface area contributed by atoms with Gasteiger partial charge in [0.1, 0.15) is 11.6 Å². The van der Waals surface area contributed by atoms with E-state index in [-0.39, 0.29) is 5.91 Å². The van der Waals surface area contributed by atoms with Crippen LogP contribution in [0.4, 0.5) is 5.82 Å². The number of benzene rings is 1. The van der Waals surface area contributed by atoms with E-state index in [0.717, 1.165) is 24.1 Å². The molecule has 0 saturated heterocycles. The lowest BCUT2D eigenvalue weighted by Crippen LogP contribution is -2.13. The molecule has 0 unspecified atom stereocenters. The second kappa shape index (κ2) is 7.50. The first kappa shape index (κ1) is 15.9. The minimum atomic E-state index is -0.165. The largest absolute Gasteiger partial charge is 0.306 e. The number of aryl methyl sites for hydroxylation is 2. The fourth-order valence-electron chi connectivity index (χ4n) is 2.10. The SMILES string of the molecule is CCC/C=C/c1ccc(C(=O)Nc2cc(C)nc(C)n2)cc1. The summed E-state index contributed by atoms with van der Waals surface area (Å²) in [7, 11) is 0. The highest BCUT2D eigenvalue weighted by molar-refractivity contribution is 6.03. The molecule has 1 aromatic heterocycles. The zero-order valence-corrected chi connectivity index (χ0v) is 13.3. The molecule has 0 radical (unpaired) electrons. The Morgan fingerprint density at radius 1 is 1.18 bits per heavy atom. The van der Waals surface area contributed by atoms with Crippen molar-refractivity contribution in [3.63, 3.8) is 0 Å². The van der Waals surface area contributed by atoms with E-state index >= 15 is 0 Å². The molecule has 0 saturated carbocycles. The van der Waals surface area contributed by atoms with Crippen LogP contribution in [-0.4, -0.2) is 15.9 Å². The minimum Gasteiger partial charge on any atom is -0.306 e. The molecule has 1 N–H and O–H groups in total. The minimum absolute atomic E-state index is 0.165. The van der Waals surface area contributed by atoms with Gasteiger partial charge in [0, 0.05) is 17.3 Å². The summed E-state index contributed by atoms with van der Waals surface area (Å²) in [5.74, 6) is 1.01. The van der Waals surface area contributed by atoms with Crippen molar-refractivity contribution in [2.75, 3.05) is 5.32 Å². The van der Waals surface area contributed by atoms with E-state index in [9.17, 15) is 4.79 Å². The molecular weight excluding hydrogens is 274 g/mol. The molecule has 22 heavy (non-hydrogen) atoms. The molecule has 2 rings (SSSR count). The number of hydrogen-bond acceptors (Lipinski definition) is 3. The summed E-state index contributed by atoms with van der Waals surface area (Å²) >= 11 is 0. The van der Waals surface area contributed by atoms with E-state index in [1.165, 1.54) is 0 Å². The van der Waals surface area contributed by atoms with Gasteiger partial charge in [-0.1, -0.05) is 37.6 Å². The van der Waals surface area contributed by atoms with Crippen LogP contribution in [0.3, 0.4) is 0 Å². The summed E-state index contributed by atoms with van der Waals surface area (Å²) in [5.41, 5.74) is 2.54. The van der Waals surface area contributed by atoms with Crippen LogP contribution in [0.1, 0.15) is 47.2 Å². The van der Waals surface area contributed by atoms with Gasteiger partial charge in [0.15, 0.2) is 0 Å². The van der Waals surface area contributed by atoms with E-state index in [4.69, 9.17) is 0 Å². The highest BCUT2D eigenvalue weighted by Gasteiger charge is 2.07. The van der Waals surface area contributed by atoms with Crippen LogP contribution in [0.2, 0.25) is 0 Å². The summed E-state index contributed by atoms with van der Waals surface area (Å²) < 4.78 is 0. The van der Waals surface area contributed by atoms with Crippen molar-refractivity contribution in [2.24, 2.45) is 0 Å². The third-order valence-electron chi connectivity index (χ3n) is 3.15. The fraction of sp³-hybridized carbons (Fsp3) is 0.278. The van der Waals surface area contributed by atoms with Crippen molar-refractivity contribution in [2.45, 2.75) is 33.6 Å². The summed E-state index contributed by atoms with van der Waals surface area (Å²) in [6.07, 6.45) is 6.41. The highest BCUT2D eigenvalue weighted by atomic mass is 16.1. The molecule has 4 nitrogen and oxygen atoms in total. The maximum Gasteiger partial charge on any atom is 0.256 e. The van der Waals surface area contributed by atoms with Gasteiger partial charge in [-0.3, -0.25) is 4.79 Å². The Morgan fingerprint density at radius 3 is 2.55 bits per heavy atom. The van der Waals surface area contributed by atoms with Crippen LogP contribution in [0.25, 0.3) is 6.08 Å². The van der Waals surface area contributed by atoms with Gasteiger partial charge in [-0.05, 0) is 38.0 Å². The van der Waals surface area contributed by atoms with Crippen LogP contribution in [0, 0.1) is 13.8 Å². The first-order chi connectivity index (χ1) is 10.6. The number of carbonyl (C=O) groups is 1. The van der Waals surface area contributed by atoms with Crippen LogP contribution >= 0.6 is 0 Å². The third kappa shape index (κ3) is 4.52. The molecule has 1 amide bonds. The van der Waals surface area contributed by atoms with E-state index in [2.05, 4.69) is 34.4 Å². The Balaban J connectivity index is 2.06. The van der Waals surface area contributed by atoms with Crippen molar-refractivity contribution in [1.29, 1.82) is 0 Å². The number of amides is 1. The average Bonchev–Trinajstić information content (AvgIpc) is 2.47. The number of rotatable bonds is 5. The zero-order chi connectivity index (χ0) is 15.9. The molecule has 1 heterocycles. The van der Waals surface area contributed by atoms with Crippen LogP contribution in [-0.2, 0) is 0 Å². The van der Waals surface area contributed by atoms with Gasteiger partial charge in [-0.15, -0.1) is 0 Å². The quantitative estimate of drug-likeness (QED) is 0.901. The Kier molecular flexibility index (Phi) is 5.42. The van der Waals surface area contributed by atoms with Crippen molar-refractivity contribution in [3.05, 3.63) is 59.1 Å². The molecule has 0 atom stereocenters. The third-order valence-corrected chi connectivity index (χ3v) is 3.15. The van der Waals surface area contributed by atoms with Crippen molar-refractivity contribution < 1.29 is 4.79 Å². The number of hydrogen-bond donors (Lipinski definition) is 1. The number of allylic oxidation sites excluding steroid dienone is 1. The summed E-state index contributed by atoms with van der Waals surface area (Å²) in [6.45, 7) is 5.83. The number of carbonyl (C=O) groups excluding carboxylic acids is 1. The molecule has 0 fully saturated rings. The summed E-state index contributed by atoms with van der Waals surface area (Å²) in [5, 5.41) is 2.80. The standard InChI is InChI=1S/C18H21N3O/c1-4-5-6-7-15-8-10-16(11-9-15)18(22)21-17-12-13(2)19-14(3)20-17/h6-12H,4-5H2,1-3H3,(H,19,20,21,22)/b7-6+.